The molecule has 49 heavy (non-hydrogen) atoms. The molecule has 0 fully saturated rings. The highest BCUT2D eigenvalue weighted by Gasteiger charge is 2.21. The van der Waals surface area contributed by atoms with Crippen LogP contribution in [0, 0.1) is 0 Å². The fraction of sp³-hybridized carbons (Fsp3) is 0. The maximum absolute atomic E-state index is 9.98. The molecule has 0 aliphatic rings. The summed E-state index contributed by atoms with van der Waals surface area (Å²) in [5, 5.41) is -5.08. The van der Waals surface area contributed by atoms with Crippen molar-refractivity contribution in [3.8, 4) is 44.5 Å². The molecule has 0 radical (unpaired) electrons. The summed E-state index contributed by atoms with van der Waals surface area (Å²) < 4.78 is 269. The standard InChI is InChI=1S/C48H30O/c1-3-14-31(15-4-1)34-28-35(32-16-5-2-6-17-32)30-36(29-34)45-38-20-9-11-22-40(38)46(41-23-12-10-21-39(41)45)42-24-13-25-44-47(42)43-27-26-33-18-7-8-19-37(33)48(43)49-44/h1-30H/i1D,2D,3D,4D,5D,6D,8D,9D,10D,11D,12D,13D,14D,15D,16D,17D,18D,19D,20D,21D,22D,23D,24D,25D,26D,27D,28D,29D,30D. The van der Waals surface area contributed by atoms with E-state index in [1.165, 1.54) is 0 Å². The Morgan fingerprint density at radius 1 is 0.367 bits per heavy atom. The minimum Gasteiger partial charge on any atom is -0.455 e. The zero-order chi connectivity index (χ0) is 57.5. The Labute approximate surface area is 325 Å². The van der Waals surface area contributed by atoms with Gasteiger partial charge < -0.3 is 4.42 Å². The Morgan fingerprint density at radius 3 is 1.55 bits per heavy atom. The lowest BCUT2D eigenvalue weighted by Crippen LogP contribution is -1.92. The molecule has 1 nitrogen and oxygen atoms in total. The van der Waals surface area contributed by atoms with E-state index in [0.29, 0.717) is 0 Å². The van der Waals surface area contributed by atoms with Crippen molar-refractivity contribution in [2.75, 3.05) is 0 Å². The molecule has 0 aliphatic carbocycles. The van der Waals surface area contributed by atoms with E-state index >= 15 is 0 Å². The van der Waals surface area contributed by atoms with E-state index in [1.54, 1.807) is 0 Å². The van der Waals surface area contributed by atoms with Gasteiger partial charge in [0.1, 0.15) is 11.2 Å². The van der Waals surface area contributed by atoms with Crippen LogP contribution in [0.4, 0.5) is 0 Å². The molecule has 0 bridgehead atoms. The summed E-state index contributed by atoms with van der Waals surface area (Å²) in [6.07, 6.45) is 0. The Morgan fingerprint density at radius 2 is 0.918 bits per heavy atom. The molecule has 0 N–H and O–H groups in total. The third-order valence-electron chi connectivity index (χ3n) is 7.92. The number of hydrogen-bond donors (Lipinski definition) is 0. The summed E-state index contributed by atoms with van der Waals surface area (Å²) in [4.78, 5) is 0. The highest BCUT2D eigenvalue weighted by molar-refractivity contribution is 6.27. The highest BCUT2D eigenvalue weighted by Crippen LogP contribution is 2.48. The molecule has 1 aromatic heterocycles. The lowest BCUT2D eigenvalue weighted by molar-refractivity contribution is 0.673. The van der Waals surface area contributed by atoms with Crippen molar-refractivity contribution in [2.45, 2.75) is 0 Å². The summed E-state index contributed by atoms with van der Waals surface area (Å²) >= 11 is 0. The maximum atomic E-state index is 9.98. The lowest BCUT2D eigenvalue weighted by atomic mass is 9.83. The number of rotatable bonds is 4. The summed E-state index contributed by atoms with van der Waals surface area (Å²) in [5.74, 6) is 0. The smallest absolute Gasteiger partial charge is 0.143 e. The molecule has 1 heteroatoms. The second kappa shape index (κ2) is 11.1. The van der Waals surface area contributed by atoms with Crippen LogP contribution in [-0.2, 0) is 0 Å². The first-order valence-electron chi connectivity index (χ1n) is 29.0. The minimum atomic E-state index is -1.17. The van der Waals surface area contributed by atoms with Gasteiger partial charge in [-0.25, -0.2) is 0 Å². The van der Waals surface area contributed by atoms with Gasteiger partial charge in [-0.05, 0) is 102 Å². The van der Waals surface area contributed by atoms with Gasteiger partial charge in [-0.15, -0.1) is 0 Å². The molecule has 10 rings (SSSR count). The molecule has 1 heterocycles. The summed E-state index contributed by atoms with van der Waals surface area (Å²) in [6, 6.07) is -27.1. The lowest BCUT2D eigenvalue weighted by Gasteiger charge is -2.19. The Balaban J connectivity index is 1.58. The second-order valence-electron chi connectivity index (χ2n) is 10.6. The van der Waals surface area contributed by atoms with Crippen molar-refractivity contribution in [3.05, 3.63) is 181 Å². The average Bonchev–Trinajstić information content (AvgIpc) is 2.96. The van der Waals surface area contributed by atoms with E-state index < -0.39 is 263 Å². The molecule has 228 valence electrons. The molecular weight excluding hydrogens is 593 g/mol. The highest BCUT2D eigenvalue weighted by atomic mass is 16.3. The van der Waals surface area contributed by atoms with Crippen LogP contribution < -0.4 is 0 Å². The summed E-state index contributed by atoms with van der Waals surface area (Å²) in [5.41, 5.74) is -8.27. The SMILES string of the molecule is [2H]c1cc([2H])c2c([2H])c([2H])c3c(oc4c([2H])c([2H])c([2H])c(-c5c6c([2H])c([2H])c([2H])c([2H])c6c(-c6c([2H])c(-c7c([2H])c([2H])c([2H])c([2H])c7[2H])c([2H])c(-c7c([2H])c([2H])c([2H])c([2H])c7[2H])c6[2H])c6c([2H])c([2H])c([2H])c([2H])c56)c43)c2c1[2H]. The van der Waals surface area contributed by atoms with Crippen LogP contribution in [0.2, 0.25) is 0 Å². The summed E-state index contributed by atoms with van der Waals surface area (Å²) in [7, 11) is 0. The van der Waals surface area contributed by atoms with Crippen LogP contribution in [0.1, 0.15) is 39.8 Å². The first kappa shape index (κ1) is 11.3. The molecule has 10 aromatic rings. The van der Waals surface area contributed by atoms with Gasteiger partial charge in [-0.1, -0.05) is 151 Å². The van der Waals surface area contributed by atoms with Gasteiger partial charge in [-0.3, -0.25) is 0 Å². The molecule has 0 atom stereocenters. The first-order valence-corrected chi connectivity index (χ1v) is 14.5. The number of benzene rings is 9. The predicted molar refractivity (Wildman–Crippen MR) is 208 cm³/mol. The van der Waals surface area contributed by atoms with Gasteiger partial charge in [0.15, 0.2) is 0 Å². The largest absolute Gasteiger partial charge is 0.455 e. The molecule has 0 unspecified atom stereocenters. The van der Waals surface area contributed by atoms with E-state index in [9.17, 15) is 12.3 Å². The van der Waals surface area contributed by atoms with Crippen molar-refractivity contribution in [3.63, 3.8) is 0 Å². The Hall–Kier alpha value is -6.44. The first-order chi connectivity index (χ1) is 36.4. The van der Waals surface area contributed by atoms with Crippen molar-refractivity contribution in [1.29, 1.82) is 0 Å². The van der Waals surface area contributed by atoms with E-state index in [2.05, 4.69) is 0 Å². The normalized spacial score (nSPS) is 20.0. The summed E-state index contributed by atoms with van der Waals surface area (Å²) in [6.45, 7) is 0. The van der Waals surface area contributed by atoms with E-state index in [-0.39, 0.29) is 10.8 Å². The van der Waals surface area contributed by atoms with E-state index in [0.717, 1.165) is 6.07 Å². The molecule has 0 saturated heterocycles. The molecule has 0 spiro atoms. The van der Waals surface area contributed by atoms with Crippen LogP contribution in [-0.4, -0.2) is 0 Å². The number of hydrogen-bond acceptors (Lipinski definition) is 1. The number of furan rings is 1. The van der Waals surface area contributed by atoms with Gasteiger partial charge in [-0.2, -0.15) is 0 Å². The Kier molecular flexibility index (Phi) is 2.56. The van der Waals surface area contributed by atoms with Gasteiger partial charge in [0.25, 0.3) is 0 Å². The van der Waals surface area contributed by atoms with Crippen LogP contribution in [0.3, 0.4) is 0 Å². The van der Waals surface area contributed by atoms with E-state index in [1.807, 2.05) is 0 Å². The molecule has 0 amide bonds. The fourth-order valence-electron chi connectivity index (χ4n) is 5.92. The zero-order valence-electron chi connectivity index (χ0n) is 53.5. The maximum Gasteiger partial charge on any atom is 0.143 e. The topological polar surface area (TPSA) is 13.1 Å². The van der Waals surface area contributed by atoms with Crippen molar-refractivity contribution in [1.82, 2.24) is 0 Å². The average molecular weight is 652 g/mol. The van der Waals surface area contributed by atoms with Crippen LogP contribution in [0.25, 0.3) is 98.8 Å². The monoisotopic (exact) mass is 651 g/mol. The van der Waals surface area contributed by atoms with Gasteiger partial charge >= 0.3 is 0 Å². The van der Waals surface area contributed by atoms with E-state index in [4.69, 9.17) is 31.8 Å². The van der Waals surface area contributed by atoms with Crippen LogP contribution >= 0.6 is 0 Å². The van der Waals surface area contributed by atoms with Crippen molar-refractivity contribution < 1.29 is 44.2 Å². The molecule has 0 aliphatic heterocycles. The zero-order valence-corrected chi connectivity index (χ0v) is 24.5. The minimum absolute atomic E-state index is 0.344. The van der Waals surface area contributed by atoms with Gasteiger partial charge in [0, 0.05) is 16.2 Å². The quantitative estimate of drug-likeness (QED) is 0.173. The molecular formula is C48H30O. The Bertz CT molecular complexity index is 4300. The number of fused-ring (bicyclic) bond motifs is 7. The van der Waals surface area contributed by atoms with Gasteiger partial charge in [0.05, 0.1) is 39.8 Å². The van der Waals surface area contributed by atoms with Crippen molar-refractivity contribution >= 4 is 54.3 Å². The second-order valence-corrected chi connectivity index (χ2v) is 10.6. The van der Waals surface area contributed by atoms with Crippen LogP contribution in [0.15, 0.2) is 186 Å². The third-order valence-corrected chi connectivity index (χ3v) is 7.92. The van der Waals surface area contributed by atoms with Crippen molar-refractivity contribution in [2.24, 2.45) is 0 Å². The molecule has 0 saturated carbocycles. The third kappa shape index (κ3) is 4.40. The predicted octanol–water partition coefficient (Wildman–Crippen LogP) is 13.7. The fourth-order valence-corrected chi connectivity index (χ4v) is 5.92. The molecule has 9 aromatic carbocycles. The van der Waals surface area contributed by atoms with Gasteiger partial charge in [0.2, 0.25) is 0 Å². The van der Waals surface area contributed by atoms with Crippen LogP contribution in [0.5, 0.6) is 0 Å².